The molecule has 3 N–H and O–H groups in total. The summed E-state index contributed by atoms with van der Waals surface area (Å²) in [6.45, 7) is 3.55. The van der Waals surface area contributed by atoms with E-state index in [1.807, 2.05) is 18.2 Å². The summed E-state index contributed by atoms with van der Waals surface area (Å²) < 4.78 is 0. The fourth-order valence-corrected chi connectivity index (χ4v) is 3.22. The van der Waals surface area contributed by atoms with Crippen molar-refractivity contribution in [1.29, 1.82) is 0 Å². The predicted molar refractivity (Wildman–Crippen MR) is 84.8 cm³/mol. The molecular formula is C18H20N2O. The van der Waals surface area contributed by atoms with Gasteiger partial charge < -0.3 is 11.1 Å². The van der Waals surface area contributed by atoms with E-state index in [2.05, 4.69) is 48.6 Å². The second-order valence-corrected chi connectivity index (χ2v) is 5.95. The Morgan fingerprint density at radius 3 is 2.33 bits per heavy atom. The number of carbonyl (C=O) groups is 1. The van der Waals surface area contributed by atoms with Crippen molar-refractivity contribution in [2.45, 2.75) is 12.3 Å². The third kappa shape index (κ3) is 2.45. The molecule has 1 fully saturated rings. The molecule has 3 heteroatoms. The van der Waals surface area contributed by atoms with Gasteiger partial charge in [-0.25, -0.2) is 0 Å². The fraction of sp³-hybridized carbons (Fsp3) is 0.278. The molecule has 0 spiro atoms. The van der Waals surface area contributed by atoms with Crippen LogP contribution in [0.25, 0.3) is 11.1 Å². The Bertz CT molecular complexity index is 636. The monoisotopic (exact) mass is 280 g/mol. The molecule has 1 amide bonds. The maximum Gasteiger partial charge on any atom is 0.222 e. The molecule has 0 radical (unpaired) electrons. The molecule has 21 heavy (non-hydrogen) atoms. The van der Waals surface area contributed by atoms with Crippen LogP contribution < -0.4 is 11.1 Å². The van der Waals surface area contributed by atoms with Crippen LogP contribution in [0.15, 0.2) is 54.6 Å². The van der Waals surface area contributed by atoms with E-state index in [0.29, 0.717) is 6.54 Å². The van der Waals surface area contributed by atoms with Crippen LogP contribution in [0.1, 0.15) is 12.5 Å². The number of nitrogens with one attached hydrogen (secondary N) is 1. The highest BCUT2D eigenvalue weighted by Gasteiger charge is 2.43. The molecule has 2 unspecified atom stereocenters. The van der Waals surface area contributed by atoms with E-state index in [4.69, 9.17) is 5.73 Å². The number of carbonyl (C=O) groups excluding carboxylic acids is 1. The van der Waals surface area contributed by atoms with E-state index >= 15 is 0 Å². The van der Waals surface area contributed by atoms with Crippen molar-refractivity contribution in [2.75, 3.05) is 13.1 Å². The second-order valence-electron chi connectivity index (χ2n) is 5.95. The summed E-state index contributed by atoms with van der Waals surface area (Å²) in [7, 11) is 0. The second kappa shape index (κ2) is 5.34. The number of hydrogen-bond acceptors (Lipinski definition) is 2. The van der Waals surface area contributed by atoms with E-state index < -0.39 is 0 Å². The van der Waals surface area contributed by atoms with Gasteiger partial charge in [0, 0.05) is 18.5 Å². The summed E-state index contributed by atoms with van der Waals surface area (Å²) in [4.78, 5) is 11.7. The molecule has 1 heterocycles. The lowest BCUT2D eigenvalue weighted by Gasteiger charge is -2.29. The number of benzene rings is 2. The van der Waals surface area contributed by atoms with Crippen molar-refractivity contribution in [3.05, 3.63) is 60.2 Å². The normalized spacial score (nSPS) is 24.9. The molecule has 0 aliphatic carbocycles. The number of primary amides is 1. The molecule has 3 nitrogen and oxygen atoms in total. The molecule has 0 aromatic heterocycles. The number of amides is 1. The maximum absolute atomic E-state index is 11.7. The minimum atomic E-state index is -0.227. The van der Waals surface area contributed by atoms with Gasteiger partial charge in [0.25, 0.3) is 0 Å². The largest absolute Gasteiger partial charge is 0.369 e. The third-order valence-corrected chi connectivity index (χ3v) is 4.60. The summed E-state index contributed by atoms with van der Waals surface area (Å²) in [5.74, 6) is -0.380. The summed E-state index contributed by atoms with van der Waals surface area (Å²) in [6.07, 6.45) is 0. The molecule has 2 aromatic rings. The lowest BCUT2D eigenvalue weighted by atomic mass is 9.73. The third-order valence-electron chi connectivity index (χ3n) is 4.60. The van der Waals surface area contributed by atoms with Gasteiger partial charge in [-0.2, -0.15) is 0 Å². The minimum absolute atomic E-state index is 0.153. The van der Waals surface area contributed by atoms with Crippen LogP contribution in [-0.2, 0) is 10.2 Å². The van der Waals surface area contributed by atoms with Crippen molar-refractivity contribution < 1.29 is 4.79 Å². The van der Waals surface area contributed by atoms with Crippen LogP contribution in [-0.4, -0.2) is 19.0 Å². The van der Waals surface area contributed by atoms with Gasteiger partial charge in [0.2, 0.25) is 5.91 Å². The maximum atomic E-state index is 11.7. The molecule has 0 bridgehead atoms. The molecule has 108 valence electrons. The molecule has 0 saturated carbocycles. The Hall–Kier alpha value is -2.13. The van der Waals surface area contributed by atoms with Crippen molar-refractivity contribution in [3.8, 4) is 11.1 Å². The lowest BCUT2D eigenvalue weighted by Crippen LogP contribution is -2.39. The van der Waals surface area contributed by atoms with E-state index in [0.717, 1.165) is 12.1 Å². The Morgan fingerprint density at radius 1 is 1.10 bits per heavy atom. The van der Waals surface area contributed by atoms with Crippen molar-refractivity contribution >= 4 is 5.91 Å². The summed E-state index contributed by atoms with van der Waals surface area (Å²) in [5.41, 5.74) is 8.88. The highest BCUT2D eigenvalue weighted by Crippen LogP contribution is 2.36. The van der Waals surface area contributed by atoms with Crippen molar-refractivity contribution in [3.63, 3.8) is 0 Å². The molecule has 1 saturated heterocycles. The molecule has 3 rings (SSSR count). The highest BCUT2D eigenvalue weighted by atomic mass is 16.1. The SMILES string of the molecule is CC1(c2ccc(-c3ccccc3)cc2)CNCC1C(N)=O. The molecule has 1 aliphatic rings. The van der Waals surface area contributed by atoms with Gasteiger partial charge in [-0.1, -0.05) is 61.5 Å². The van der Waals surface area contributed by atoms with Crippen LogP contribution in [0.2, 0.25) is 0 Å². The van der Waals surface area contributed by atoms with Gasteiger partial charge in [0.1, 0.15) is 0 Å². The Labute approximate surface area is 125 Å². The van der Waals surface area contributed by atoms with Crippen molar-refractivity contribution in [2.24, 2.45) is 11.7 Å². The van der Waals surface area contributed by atoms with Gasteiger partial charge in [-0.15, -0.1) is 0 Å². The summed E-state index contributed by atoms with van der Waals surface area (Å²) >= 11 is 0. The van der Waals surface area contributed by atoms with E-state index in [1.54, 1.807) is 0 Å². The van der Waals surface area contributed by atoms with Gasteiger partial charge >= 0.3 is 0 Å². The zero-order chi connectivity index (χ0) is 14.9. The first-order chi connectivity index (χ1) is 10.1. The number of rotatable bonds is 3. The van der Waals surface area contributed by atoms with Crippen LogP contribution in [0.4, 0.5) is 0 Å². The van der Waals surface area contributed by atoms with Gasteiger partial charge in [-0.05, 0) is 16.7 Å². The molecule has 1 aliphatic heterocycles. The van der Waals surface area contributed by atoms with Gasteiger partial charge in [-0.3, -0.25) is 4.79 Å². The first-order valence-electron chi connectivity index (χ1n) is 7.27. The summed E-state index contributed by atoms with van der Waals surface area (Å²) in [5, 5.41) is 3.29. The van der Waals surface area contributed by atoms with E-state index in [1.165, 1.54) is 11.1 Å². The van der Waals surface area contributed by atoms with Gasteiger partial charge in [0.15, 0.2) is 0 Å². The van der Waals surface area contributed by atoms with Gasteiger partial charge in [0.05, 0.1) is 5.92 Å². The molecular weight excluding hydrogens is 260 g/mol. The van der Waals surface area contributed by atoms with E-state index in [-0.39, 0.29) is 17.2 Å². The zero-order valence-corrected chi connectivity index (χ0v) is 12.2. The van der Waals surface area contributed by atoms with Crippen molar-refractivity contribution in [1.82, 2.24) is 5.32 Å². The van der Waals surface area contributed by atoms with E-state index in [9.17, 15) is 4.79 Å². The minimum Gasteiger partial charge on any atom is -0.369 e. The number of hydrogen-bond donors (Lipinski definition) is 2. The Kier molecular flexibility index (Phi) is 3.52. The van der Waals surface area contributed by atoms with Crippen LogP contribution in [0.5, 0.6) is 0 Å². The summed E-state index contributed by atoms with van der Waals surface area (Å²) in [6, 6.07) is 18.7. The first kappa shape index (κ1) is 13.8. The van der Waals surface area contributed by atoms with Crippen LogP contribution in [0, 0.1) is 5.92 Å². The molecule has 2 aromatic carbocycles. The average molecular weight is 280 g/mol. The first-order valence-corrected chi connectivity index (χ1v) is 7.27. The topological polar surface area (TPSA) is 55.1 Å². The number of nitrogens with two attached hydrogens (primary N) is 1. The highest BCUT2D eigenvalue weighted by molar-refractivity contribution is 5.79. The predicted octanol–water partition coefficient (Wildman–Crippen LogP) is 2.32. The standard InChI is InChI=1S/C18H20N2O/c1-18(12-20-11-16(18)17(19)21)15-9-7-14(8-10-15)13-5-3-2-4-6-13/h2-10,16,20H,11-12H2,1H3,(H2,19,21). The Morgan fingerprint density at radius 2 is 1.71 bits per heavy atom. The zero-order valence-electron chi connectivity index (χ0n) is 12.2. The van der Waals surface area contributed by atoms with Crippen LogP contribution >= 0.6 is 0 Å². The average Bonchev–Trinajstić information content (AvgIpc) is 2.92. The lowest BCUT2D eigenvalue weighted by molar-refractivity contribution is -0.122. The smallest absolute Gasteiger partial charge is 0.222 e. The van der Waals surface area contributed by atoms with Crippen LogP contribution in [0.3, 0.4) is 0 Å². The quantitative estimate of drug-likeness (QED) is 0.906. The fourth-order valence-electron chi connectivity index (χ4n) is 3.22. The molecule has 2 atom stereocenters. The Balaban J connectivity index is 1.92.